The van der Waals surface area contributed by atoms with Crippen LogP contribution in [-0.4, -0.2) is 59.0 Å². The number of benzene rings is 1. The molecule has 0 saturated carbocycles. The van der Waals surface area contributed by atoms with E-state index in [1.54, 1.807) is 0 Å². The number of amides is 3. The molecule has 1 N–H and O–H groups in total. The topological polar surface area (TPSA) is 57.6 Å². The molecule has 2 aliphatic rings. The first-order valence-corrected chi connectivity index (χ1v) is 9.89. The maximum absolute atomic E-state index is 12.7. The smallest absolute Gasteiger partial charge is 0.317 e. The molecule has 27 heavy (non-hydrogen) atoms. The maximum Gasteiger partial charge on any atom is 0.317 e. The van der Waals surface area contributed by atoms with E-state index in [1.807, 2.05) is 29.0 Å². The largest absolute Gasteiger partial charge is 0.343 e. The Hall–Kier alpha value is -2.50. The van der Waals surface area contributed by atoms with Gasteiger partial charge in [0.2, 0.25) is 5.91 Å². The van der Waals surface area contributed by atoms with E-state index in [4.69, 9.17) is 0 Å². The lowest BCUT2D eigenvalue weighted by atomic mass is 9.99. The molecule has 2 aromatic rings. The molecule has 2 atom stereocenters. The average Bonchev–Trinajstić information content (AvgIpc) is 2.82. The Morgan fingerprint density at radius 2 is 2.04 bits per heavy atom. The van der Waals surface area contributed by atoms with E-state index in [1.165, 1.54) is 16.6 Å². The van der Waals surface area contributed by atoms with Gasteiger partial charge in [-0.3, -0.25) is 4.79 Å². The van der Waals surface area contributed by atoms with Crippen molar-refractivity contribution < 1.29 is 9.59 Å². The van der Waals surface area contributed by atoms with Crippen LogP contribution in [0.15, 0.2) is 30.3 Å². The van der Waals surface area contributed by atoms with Crippen LogP contribution in [0.5, 0.6) is 0 Å². The number of hydrogen-bond acceptors (Lipinski definition) is 2. The molecule has 1 aromatic carbocycles. The number of aromatic nitrogens is 1. The number of carbonyl (C=O) groups excluding carboxylic acids is 2. The molecule has 2 aliphatic heterocycles. The van der Waals surface area contributed by atoms with Gasteiger partial charge >= 0.3 is 6.03 Å². The highest BCUT2D eigenvalue weighted by molar-refractivity contribution is 5.82. The number of hydrogen-bond donors (Lipinski definition) is 1. The van der Waals surface area contributed by atoms with Crippen molar-refractivity contribution in [2.24, 2.45) is 5.92 Å². The van der Waals surface area contributed by atoms with Crippen LogP contribution in [0.1, 0.15) is 25.0 Å². The summed E-state index contributed by atoms with van der Waals surface area (Å²) in [6, 6.07) is 10.6. The van der Waals surface area contributed by atoms with Crippen molar-refractivity contribution >= 4 is 22.8 Å². The summed E-state index contributed by atoms with van der Waals surface area (Å²) in [5.41, 5.74) is 2.39. The Labute approximate surface area is 160 Å². The van der Waals surface area contributed by atoms with Gasteiger partial charge in [0.15, 0.2) is 0 Å². The zero-order valence-corrected chi connectivity index (χ0v) is 16.1. The number of aryl methyl sites for hydroxylation is 1. The summed E-state index contributed by atoms with van der Waals surface area (Å²) in [5, 5.41) is 4.29. The Morgan fingerprint density at radius 3 is 2.89 bits per heavy atom. The summed E-state index contributed by atoms with van der Waals surface area (Å²) in [5.74, 6) is 0.145. The minimum atomic E-state index is -0.0520. The second kappa shape index (κ2) is 7.25. The molecule has 0 aliphatic carbocycles. The van der Waals surface area contributed by atoms with E-state index in [2.05, 4.69) is 35.0 Å². The van der Waals surface area contributed by atoms with Crippen molar-refractivity contribution in [3.8, 4) is 0 Å². The number of carbonyl (C=O) groups is 2. The van der Waals surface area contributed by atoms with Gasteiger partial charge in [0.25, 0.3) is 0 Å². The number of fused-ring (bicyclic) bond motifs is 4. The number of likely N-dealkylation sites (tertiary alicyclic amines) is 1. The Balaban J connectivity index is 1.39. The second-order valence-corrected chi connectivity index (χ2v) is 7.86. The second-order valence-electron chi connectivity index (χ2n) is 7.86. The van der Waals surface area contributed by atoms with Gasteiger partial charge in [0.05, 0.1) is 5.92 Å². The van der Waals surface area contributed by atoms with Crippen LogP contribution in [0, 0.1) is 12.8 Å². The standard InChI is InChI=1S/C21H28N4O2/c1-15-12-16-6-3-4-9-19(16)25(15)11-10-22-21(27)24-13-17-7-5-8-18(14-24)23(2)20(17)26/h3-4,6,9,12,17-18H,5,7-8,10-11,13-14H2,1-2H3,(H,22,27)/t17-,18+/m1/s1. The third-order valence-corrected chi connectivity index (χ3v) is 6.12. The van der Waals surface area contributed by atoms with E-state index in [-0.39, 0.29) is 23.9 Å². The lowest BCUT2D eigenvalue weighted by Gasteiger charge is -2.29. The van der Waals surface area contributed by atoms with E-state index >= 15 is 0 Å². The van der Waals surface area contributed by atoms with Crippen LogP contribution in [0.25, 0.3) is 10.9 Å². The highest BCUT2D eigenvalue weighted by atomic mass is 16.2. The van der Waals surface area contributed by atoms with Crippen molar-refractivity contribution in [1.29, 1.82) is 0 Å². The van der Waals surface area contributed by atoms with Crippen molar-refractivity contribution in [3.63, 3.8) is 0 Å². The minimum absolute atomic E-state index is 0.0517. The van der Waals surface area contributed by atoms with Gasteiger partial charge in [0.1, 0.15) is 0 Å². The van der Waals surface area contributed by atoms with Gasteiger partial charge < -0.3 is 19.7 Å². The highest BCUT2D eigenvalue weighted by Gasteiger charge is 2.37. The number of nitrogens with one attached hydrogen (secondary N) is 1. The number of likely N-dealkylation sites (N-methyl/N-ethyl adjacent to an activating group) is 1. The molecule has 144 valence electrons. The summed E-state index contributed by atoms with van der Waals surface area (Å²) in [4.78, 5) is 28.9. The third kappa shape index (κ3) is 3.40. The number of rotatable bonds is 3. The van der Waals surface area contributed by atoms with Crippen LogP contribution >= 0.6 is 0 Å². The predicted molar refractivity (Wildman–Crippen MR) is 106 cm³/mol. The summed E-state index contributed by atoms with van der Waals surface area (Å²) < 4.78 is 2.24. The SMILES string of the molecule is Cc1cc2ccccc2n1CCNC(=O)N1C[C@H]2CCC[C@@H](C1)N(C)C2=O. The first-order valence-electron chi connectivity index (χ1n) is 9.89. The fourth-order valence-corrected chi connectivity index (χ4v) is 4.56. The summed E-state index contributed by atoms with van der Waals surface area (Å²) in [6.45, 7) is 4.59. The fraction of sp³-hybridized carbons (Fsp3) is 0.524. The molecule has 4 rings (SSSR count). The molecule has 2 saturated heterocycles. The quantitative estimate of drug-likeness (QED) is 0.905. The minimum Gasteiger partial charge on any atom is -0.343 e. The monoisotopic (exact) mass is 368 g/mol. The normalized spacial score (nSPS) is 22.8. The molecule has 0 radical (unpaired) electrons. The summed E-state index contributed by atoms with van der Waals surface area (Å²) >= 11 is 0. The lowest BCUT2D eigenvalue weighted by molar-refractivity contribution is -0.134. The molecule has 6 heteroatoms. The van der Waals surface area contributed by atoms with Gasteiger partial charge in [-0.05, 0) is 37.3 Å². The van der Waals surface area contributed by atoms with Gasteiger partial charge in [-0.2, -0.15) is 0 Å². The molecule has 1 aromatic heterocycles. The van der Waals surface area contributed by atoms with E-state index in [0.29, 0.717) is 19.6 Å². The van der Waals surface area contributed by atoms with Crippen LogP contribution in [0.2, 0.25) is 0 Å². The summed E-state index contributed by atoms with van der Waals surface area (Å²) in [6.07, 6.45) is 2.94. The number of nitrogens with zero attached hydrogens (tertiary/aromatic N) is 3. The first-order chi connectivity index (χ1) is 13.0. The molecular formula is C21H28N4O2. The maximum atomic E-state index is 12.7. The first kappa shape index (κ1) is 17.9. The average molecular weight is 368 g/mol. The van der Waals surface area contributed by atoms with Gasteiger partial charge in [0, 0.05) is 50.5 Å². The molecule has 2 bridgehead atoms. The van der Waals surface area contributed by atoms with Crippen molar-refractivity contribution in [2.45, 2.75) is 38.8 Å². The third-order valence-electron chi connectivity index (χ3n) is 6.12. The van der Waals surface area contributed by atoms with Gasteiger partial charge in [-0.25, -0.2) is 4.79 Å². The van der Waals surface area contributed by atoms with E-state index < -0.39 is 0 Å². The Bertz CT molecular complexity index is 859. The van der Waals surface area contributed by atoms with Crippen LogP contribution in [0.4, 0.5) is 4.79 Å². The lowest BCUT2D eigenvalue weighted by Crippen LogP contribution is -2.47. The van der Waals surface area contributed by atoms with Crippen molar-refractivity contribution in [2.75, 3.05) is 26.7 Å². The molecular weight excluding hydrogens is 340 g/mol. The summed E-state index contributed by atoms with van der Waals surface area (Å²) in [7, 11) is 1.88. The highest BCUT2D eigenvalue weighted by Crippen LogP contribution is 2.26. The number of urea groups is 1. The predicted octanol–water partition coefficient (Wildman–Crippen LogP) is 2.60. The van der Waals surface area contributed by atoms with E-state index in [9.17, 15) is 9.59 Å². The fourth-order valence-electron chi connectivity index (χ4n) is 4.56. The molecule has 0 spiro atoms. The molecule has 0 unspecified atom stereocenters. The molecule has 3 heterocycles. The Morgan fingerprint density at radius 1 is 1.22 bits per heavy atom. The number of para-hydroxylation sites is 1. The molecule has 2 fully saturated rings. The van der Waals surface area contributed by atoms with Crippen molar-refractivity contribution in [1.82, 2.24) is 19.7 Å². The van der Waals surface area contributed by atoms with E-state index in [0.717, 1.165) is 25.8 Å². The Kier molecular flexibility index (Phi) is 4.81. The van der Waals surface area contributed by atoms with Gasteiger partial charge in [-0.1, -0.05) is 24.6 Å². The molecule has 6 nitrogen and oxygen atoms in total. The zero-order valence-electron chi connectivity index (χ0n) is 16.1. The zero-order chi connectivity index (χ0) is 19.0. The van der Waals surface area contributed by atoms with Crippen LogP contribution in [-0.2, 0) is 11.3 Å². The van der Waals surface area contributed by atoms with Crippen LogP contribution < -0.4 is 5.32 Å². The van der Waals surface area contributed by atoms with Gasteiger partial charge in [-0.15, -0.1) is 0 Å². The molecule has 3 amide bonds. The van der Waals surface area contributed by atoms with Crippen LogP contribution in [0.3, 0.4) is 0 Å². The van der Waals surface area contributed by atoms with Crippen molar-refractivity contribution in [3.05, 3.63) is 36.0 Å².